The van der Waals surface area contributed by atoms with Gasteiger partial charge in [-0.25, -0.2) is 23.5 Å². The molecule has 1 amide bonds. The van der Waals surface area contributed by atoms with Crippen molar-refractivity contribution in [1.82, 2.24) is 4.90 Å². The molecular weight excluding hydrogens is 584 g/mol. The number of carbonyl (C=O) groups excluding carboxylic acids is 1. The number of carbonyl (C=O) groups is 1. The van der Waals surface area contributed by atoms with Crippen molar-refractivity contribution in [2.75, 3.05) is 20.0 Å². The topological polar surface area (TPSA) is 83.7 Å². The van der Waals surface area contributed by atoms with Crippen molar-refractivity contribution in [3.8, 4) is 0 Å². The van der Waals surface area contributed by atoms with Gasteiger partial charge < -0.3 is 14.7 Å². The van der Waals surface area contributed by atoms with Crippen LogP contribution in [0.15, 0.2) is 32.8 Å². The quantitative estimate of drug-likeness (QED) is 0.0824. The van der Waals surface area contributed by atoms with E-state index in [0.29, 0.717) is 11.1 Å². The fourth-order valence-electron chi connectivity index (χ4n) is 3.80. The van der Waals surface area contributed by atoms with Crippen LogP contribution in [0.3, 0.4) is 0 Å². The standard InChI is InChI=1S/C25H38BrF2N3O4SSi/c1-17-24(5,15-29-33)36-21(30-25(17,14-27)19-13-18(26)9-10-20(19)28)31(22(32)35-23(2,3)4)16-34-11-12-37(6,7)8/h9-10,13,15,17,33H,11-12,14,16H2,1-8H3/b29-15+/t17?,24-,25+/m1/s1. The van der Waals surface area contributed by atoms with Crippen LogP contribution in [0, 0.1) is 11.7 Å². The summed E-state index contributed by atoms with van der Waals surface area (Å²) in [6.45, 7) is 14.5. The molecule has 1 heterocycles. The second-order valence-corrected chi connectivity index (χ2v) is 19.6. The molecule has 3 atom stereocenters. The number of thioether (sulfide) groups is 1. The number of benzene rings is 1. The second-order valence-electron chi connectivity index (χ2n) is 11.6. The maximum atomic E-state index is 15.2. The van der Waals surface area contributed by atoms with Crippen LogP contribution in [-0.2, 0) is 15.0 Å². The molecule has 2 rings (SSSR count). The van der Waals surface area contributed by atoms with Crippen molar-refractivity contribution in [2.24, 2.45) is 16.1 Å². The smallest absolute Gasteiger partial charge is 0.418 e. The van der Waals surface area contributed by atoms with E-state index in [9.17, 15) is 10.0 Å². The third kappa shape index (κ3) is 8.00. The fraction of sp³-hybridized carbons (Fsp3) is 0.640. The Labute approximate surface area is 232 Å². The Hall–Kier alpha value is -1.50. The van der Waals surface area contributed by atoms with Gasteiger partial charge in [0.2, 0.25) is 0 Å². The van der Waals surface area contributed by atoms with Gasteiger partial charge in [0.1, 0.15) is 30.4 Å². The van der Waals surface area contributed by atoms with E-state index in [-0.39, 0.29) is 17.5 Å². The summed E-state index contributed by atoms with van der Waals surface area (Å²) in [6, 6.07) is 5.12. The average molecular weight is 623 g/mol. The van der Waals surface area contributed by atoms with Crippen LogP contribution in [0.25, 0.3) is 0 Å². The van der Waals surface area contributed by atoms with Crippen LogP contribution in [0.4, 0.5) is 13.6 Å². The Bertz CT molecular complexity index is 1030. The van der Waals surface area contributed by atoms with Gasteiger partial charge in [-0.3, -0.25) is 0 Å². The minimum atomic E-state index is -1.72. The Morgan fingerprint density at radius 3 is 2.57 bits per heavy atom. The summed E-state index contributed by atoms with van der Waals surface area (Å²) in [5, 5.41) is 12.8. The molecule has 1 aromatic carbocycles. The normalized spacial score (nSPS) is 24.7. The molecule has 0 saturated carbocycles. The SMILES string of the molecule is CC1[C@@](C)(/C=N/O)SC(N(COCC[Si](C)(C)C)C(=O)OC(C)(C)C)=N[C@]1(CF)c1cc(Br)ccc1F. The summed E-state index contributed by atoms with van der Waals surface area (Å²) in [7, 11) is -1.40. The molecular formula is C25H38BrF2N3O4SSi. The Morgan fingerprint density at radius 2 is 2.03 bits per heavy atom. The summed E-state index contributed by atoms with van der Waals surface area (Å²) in [5.74, 6) is -1.31. The lowest BCUT2D eigenvalue weighted by Gasteiger charge is -2.47. The first-order chi connectivity index (χ1) is 17.0. The number of halogens is 3. The molecule has 208 valence electrons. The zero-order valence-electron chi connectivity index (χ0n) is 22.8. The van der Waals surface area contributed by atoms with E-state index in [0.717, 1.165) is 17.8 Å². The van der Waals surface area contributed by atoms with Gasteiger partial charge in [-0.1, -0.05) is 54.3 Å². The highest BCUT2D eigenvalue weighted by Gasteiger charge is 2.54. The molecule has 0 saturated heterocycles. The molecule has 0 fully saturated rings. The molecule has 1 aliphatic rings. The largest absolute Gasteiger partial charge is 0.443 e. The molecule has 0 aliphatic carbocycles. The van der Waals surface area contributed by atoms with Gasteiger partial charge in [-0.05, 0) is 51.9 Å². The van der Waals surface area contributed by atoms with Crippen molar-refractivity contribution >= 4 is 53.2 Å². The van der Waals surface area contributed by atoms with Crippen LogP contribution < -0.4 is 0 Å². The van der Waals surface area contributed by atoms with E-state index in [2.05, 4.69) is 40.7 Å². The number of alkyl halides is 1. The highest BCUT2D eigenvalue weighted by atomic mass is 79.9. The van der Waals surface area contributed by atoms with E-state index in [1.807, 2.05) is 0 Å². The number of nitrogens with zero attached hydrogens (tertiary/aromatic N) is 3. The highest BCUT2D eigenvalue weighted by molar-refractivity contribution is 9.10. The van der Waals surface area contributed by atoms with Crippen molar-refractivity contribution in [3.63, 3.8) is 0 Å². The first-order valence-corrected chi connectivity index (χ1v) is 17.4. The molecule has 0 aromatic heterocycles. The van der Waals surface area contributed by atoms with Gasteiger partial charge in [0.05, 0.1) is 11.0 Å². The monoisotopic (exact) mass is 621 g/mol. The molecule has 0 radical (unpaired) electrons. The lowest BCUT2D eigenvalue weighted by atomic mass is 9.73. The minimum absolute atomic E-state index is 0.0241. The highest BCUT2D eigenvalue weighted by Crippen LogP contribution is 2.51. The Balaban J connectivity index is 2.68. The molecule has 37 heavy (non-hydrogen) atoms. The number of aliphatic imine (C=N–C) groups is 1. The summed E-state index contributed by atoms with van der Waals surface area (Å²) >= 11 is 4.45. The summed E-state index contributed by atoms with van der Waals surface area (Å²) < 4.78 is 41.3. The number of amidine groups is 1. The van der Waals surface area contributed by atoms with E-state index >= 15 is 8.78 Å². The molecule has 1 N–H and O–H groups in total. The third-order valence-corrected chi connectivity index (χ3v) is 9.75. The van der Waals surface area contributed by atoms with Crippen LogP contribution in [0.5, 0.6) is 0 Å². The number of rotatable bonds is 8. The van der Waals surface area contributed by atoms with Crippen LogP contribution in [0.1, 0.15) is 40.2 Å². The number of oxime groups is 1. The molecule has 1 aliphatic heterocycles. The van der Waals surface area contributed by atoms with E-state index in [4.69, 9.17) is 14.5 Å². The molecule has 12 heteroatoms. The van der Waals surface area contributed by atoms with E-state index in [1.54, 1.807) is 34.6 Å². The van der Waals surface area contributed by atoms with Crippen LogP contribution in [0.2, 0.25) is 25.7 Å². The first kappa shape index (κ1) is 31.7. The van der Waals surface area contributed by atoms with Crippen LogP contribution >= 0.6 is 27.7 Å². The Morgan fingerprint density at radius 1 is 1.38 bits per heavy atom. The minimum Gasteiger partial charge on any atom is -0.443 e. The molecule has 0 spiro atoms. The zero-order valence-corrected chi connectivity index (χ0v) is 26.2. The zero-order chi connectivity index (χ0) is 28.2. The van der Waals surface area contributed by atoms with E-state index in [1.165, 1.54) is 29.3 Å². The first-order valence-electron chi connectivity index (χ1n) is 12.1. The van der Waals surface area contributed by atoms with Crippen molar-refractivity contribution < 1.29 is 28.3 Å². The Kier molecular flexibility index (Phi) is 10.4. The summed E-state index contributed by atoms with van der Waals surface area (Å²) in [6.07, 6.45) is 0.531. The summed E-state index contributed by atoms with van der Waals surface area (Å²) in [4.78, 5) is 19.2. The van der Waals surface area contributed by atoms with Crippen molar-refractivity contribution in [3.05, 3.63) is 34.1 Å². The van der Waals surface area contributed by atoms with Gasteiger partial charge >= 0.3 is 6.09 Å². The molecule has 7 nitrogen and oxygen atoms in total. The third-order valence-electron chi connectivity index (χ3n) is 6.16. The number of hydrogen-bond acceptors (Lipinski definition) is 7. The van der Waals surface area contributed by atoms with Gasteiger partial charge in [0.15, 0.2) is 5.17 Å². The average Bonchev–Trinajstić information content (AvgIpc) is 2.76. The molecule has 1 aromatic rings. The second kappa shape index (κ2) is 12.1. The number of amides is 1. The maximum Gasteiger partial charge on any atom is 0.418 e. The van der Waals surface area contributed by atoms with Gasteiger partial charge in [0.25, 0.3) is 0 Å². The van der Waals surface area contributed by atoms with Crippen LogP contribution in [-0.4, -0.2) is 66.0 Å². The predicted octanol–water partition coefficient (Wildman–Crippen LogP) is 7.26. The number of hydrogen-bond donors (Lipinski definition) is 1. The summed E-state index contributed by atoms with van der Waals surface area (Å²) in [5.41, 5.74) is -2.51. The molecule has 1 unspecified atom stereocenters. The predicted molar refractivity (Wildman–Crippen MR) is 152 cm³/mol. The lowest BCUT2D eigenvalue weighted by Crippen LogP contribution is -2.54. The van der Waals surface area contributed by atoms with Gasteiger partial charge in [0, 0.05) is 30.6 Å². The number of ether oxygens (including phenoxy) is 2. The fourth-order valence-corrected chi connectivity index (χ4v) is 6.22. The van der Waals surface area contributed by atoms with E-state index < -0.39 is 48.5 Å². The lowest BCUT2D eigenvalue weighted by molar-refractivity contribution is 0.0107. The maximum absolute atomic E-state index is 15.2. The van der Waals surface area contributed by atoms with Gasteiger partial charge in [-0.15, -0.1) is 5.16 Å². The molecule has 0 bridgehead atoms. The van der Waals surface area contributed by atoms with Crippen molar-refractivity contribution in [2.45, 2.75) is 76.2 Å². The van der Waals surface area contributed by atoms with Gasteiger partial charge in [-0.2, -0.15) is 0 Å². The van der Waals surface area contributed by atoms with Crippen molar-refractivity contribution in [1.29, 1.82) is 0 Å².